The quantitative estimate of drug-likeness (QED) is 0.0682. The minimum atomic E-state index is -1.76. The first-order valence-corrected chi connectivity index (χ1v) is 18.1. The van der Waals surface area contributed by atoms with E-state index in [1.165, 1.54) is 28.8 Å². The first-order valence-electron chi connectivity index (χ1n) is 16.1. The number of hydrogen-bond acceptors (Lipinski definition) is 4. The predicted octanol–water partition coefficient (Wildman–Crippen LogP) is 5.29. The van der Waals surface area contributed by atoms with Gasteiger partial charge in [-0.2, -0.15) is 0 Å². The average Bonchev–Trinajstić information content (AvgIpc) is 3.13. The Morgan fingerprint density at radius 2 is 1.19 bits per heavy atom. The van der Waals surface area contributed by atoms with Gasteiger partial charge in [-0.15, -0.1) is 0 Å². The molecule has 0 saturated heterocycles. The molecule has 47 heavy (non-hydrogen) atoms. The summed E-state index contributed by atoms with van der Waals surface area (Å²) < 4.78 is 17.2. The number of benzene rings is 5. The molecular weight excluding hydrogens is 667 g/mol. The van der Waals surface area contributed by atoms with Crippen molar-refractivity contribution < 1.29 is 36.0 Å². The summed E-state index contributed by atoms with van der Waals surface area (Å²) in [5, 5.41) is 4.34. The first kappa shape index (κ1) is 34.2. The van der Waals surface area contributed by atoms with Gasteiger partial charge in [0.1, 0.15) is 42.1 Å². The molecule has 6 heteroatoms. The molecule has 240 valence electrons. The summed E-state index contributed by atoms with van der Waals surface area (Å²) in [4.78, 5) is 12.7. The third kappa shape index (κ3) is 8.60. The van der Waals surface area contributed by atoms with Crippen LogP contribution in [0.25, 0.3) is 6.08 Å². The van der Waals surface area contributed by atoms with E-state index in [-0.39, 0.29) is 22.8 Å². The molecule has 0 atom stereocenters. The van der Waals surface area contributed by atoms with Crippen molar-refractivity contribution in [3.63, 3.8) is 0 Å². The predicted molar refractivity (Wildman–Crippen MR) is 191 cm³/mol. The number of carbonyl (C=O) groups excluding carboxylic acids is 1. The Bertz CT molecular complexity index is 1630. The van der Waals surface area contributed by atoms with E-state index in [1.54, 1.807) is 24.3 Å². The van der Waals surface area contributed by atoms with Crippen LogP contribution in [-0.4, -0.2) is 31.8 Å². The van der Waals surface area contributed by atoms with Crippen LogP contribution in [0.5, 0.6) is 17.2 Å². The topological polar surface area (TPSA) is 44.8 Å². The maximum absolute atomic E-state index is 12.7. The SMILES string of the molecule is O=C(/C=C\c1ccc(OCCCCCC[P+](c2ccccc2)(c2ccccc2)c2ccccc2)cc1)c1ccc2c(c1)OCCO2.[Br-]. The summed E-state index contributed by atoms with van der Waals surface area (Å²) in [6.45, 7) is 1.71. The van der Waals surface area contributed by atoms with E-state index in [0.29, 0.717) is 36.9 Å². The molecule has 1 heterocycles. The molecule has 0 unspecified atom stereocenters. The molecule has 0 radical (unpaired) electrons. The average molecular weight is 708 g/mol. The first-order chi connectivity index (χ1) is 22.7. The standard InChI is InChI=1S/C41H40O4P.BrH/c42-39(34-23-27-40-41(32-34)45-30-29-44-40)26-22-33-20-24-35(25-21-33)43-28-12-1-2-13-31-46(36-14-6-3-7-15-36,37-16-8-4-9-17-37)38-18-10-5-11-19-38;/h3-11,14-27,32H,1-2,12-13,28-31H2;1H/q+1;/p-1/b26-22-;. The molecule has 5 aromatic carbocycles. The second kappa shape index (κ2) is 17.1. The molecule has 6 rings (SSSR count). The van der Waals surface area contributed by atoms with E-state index < -0.39 is 7.26 Å². The van der Waals surface area contributed by atoms with Crippen LogP contribution < -0.4 is 47.1 Å². The monoisotopic (exact) mass is 706 g/mol. The number of carbonyl (C=O) groups is 1. The smallest absolute Gasteiger partial charge is 0.185 e. The Morgan fingerprint density at radius 3 is 1.79 bits per heavy atom. The van der Waals surface area contributed by atoms with E-state index in [9.17, 15) is 4.79 Å². The summed E-state index contributed by atoms with van der Waals surface area (Å²) in [7, 11) is -1.76. The fourth-order valence-electron chi connectivity index (χ4n) is 6.02. The van der Waals surface area contributed by atoms with Crippen LogP contribution in [0, 0.1) is 0 Å². The highest BCUT2D eigenvalue weighted by molar-refractivity contribution is 7.95. The van der Waals surface area contributed by atoms with Crippen LogP contribution in [0.15, 0.2) is 140 Å². The molecular formula is C41H40BrO4P. The highest BCUT2D eigenvalue weighted by Gasteiger charge is 2.44. The molecule has 0 aromatic heterocycles. The normalized spacial score (nSPS) is 12.3. The Balaban J connectivity index is 0.00000433. The molecule has 0 aliphatic carbocycles. The van der Waals surface area contributed by atoms with Gasteiger partial charge in [0.2, 0.25) is 0 Å². The Labute approximate surface area is 289 Å². The van der Waals surface area contributed by atoms with Gasteiger partial charge in [0.25, 0.3) is 0 Å². The molecule has 1 aliphatic heterocycles. The summed E-state index contributed by atoms with van der Waals surface area (Å²) in [6.07, 6.45) is 9.03. The molecule has 0 fully saturated rings. The maximum atomic E-state index is 12.7. The lowest BCUT2D eigenvalue weighted by molar-refractivity contribution is -0.0000173. The van der Waals surface area contributed by atoms with E-state index in [4.69, 9.17) is 14.2 Å². The number of rotatable bonds is 14. The van der Waals surface area contributed by atoms with Gasteiger partial charge in [-0.25, -0.2) is 0 Å². The Kier molecular flexibility index (Phi) is 12.4. The zero-order chi connectivity index (χ0) is 31.4. The lowest BCUT2D eigenvalue weighted by Gasteiger charge is -2.27. The number of hydrogen-bond donors (Lipinski definition) is 0. The molecule has 1 aliphatic rings. The third-order valence-electron chi connectivity index (χ3n) is 8.38. The molecule has 0 spiro atoms. The van der Waals surface area contributed by atoms with Crippen LogP contribution in [0.4, 0.5) is 0 Å². The van der Waals surface area contributed by atoms with Gasteiger partial charge in [0.15, 0.2) is 17.3 Å². The lowest BCUT2D eigenvalue weighted by Crippen LogP contribution is -3.00. The van der Waals surface area contributed by atoms with Gasteiger partial charge in [-0.3, -0.25) is 4.79 Å². The maximum Gasteiger partial charge on any atom is 0.185 e. The second-order valence-corrected chi connectivity index (χ2v) is 15.0. The number of ketones is 1. The Morgan fingerprint density at radius 1 is 0.638 bits per heavy atom. The molecule has 0 bridgehead atoms. The summed E-state index contributed by atoms with van der Waals surface area (Å²) >= 11 is 0. The van der Waals surface area contributed by atoms with Gasteiger partial charge in [-0.05, 0) is 104 Å². The van der Waals surface area contributed by atoms with Crippen molar-refractivity contribution in [3.8, 4) is 17.2 Å². The van der Waals surface area contributed by atoms with Crippen LogP contribution >= 0.6 is 7.26 Å². The van der Waals surface area contributed by atoms with Crippen molar-refractivity contribution in [2.45, 2.75) is 25.7 Å². The molecule has 0 amide bonds. The fraction of sp³-hybridized carbons (Fsp3) is 0.195. The summed E-state index contributed by atoms with van der Waals surface area (Å²) in [5.41, 5.74) is 1.52. The molecule has 0 N–H and O–H groups in total. The van der Waals surface area contributed by atoms with Crippen molar-refractivity contribution in [1.29, 1.82) is 0 Å². The van der Waals surface area contributed by atoms with Gasteiger partial charge < -0.3 is 31.2 Å². The largest absolute Gasteiger partial charge is 1.00 e. The van der Waals surface area contributed by atoms with Crippen molar-refractivity contribution >= 4 is 35.0 Å². The van der Waals surface area contributed by atoms with Crippen LogP contribution in [0.3, 0.4) is 0 Å². The van der Waals surface area contributed by atoms with Crippen molar-refractivity contribution in [2.75, 3.05) is 26.0 Å². The van der Waals surface area contributed by atoms with E-state index in [2.05, 4.69) is 91.0 Å². The zero-order valence-corrected chi connectivity index (χ0v) is 29.0. The number of halogens is 1. The number of unbranched alkanes of at least 4 members (excludes halogenated alkanes) is 3. The van der Waals surface area contributed by atoms with Crippen LogP contribution in [-0.2, 0) is 0 Å². The Hall–Kier alpha value is -4.18. The lowest BCUT2D eigenvalue weighted by atomic mass is 10.1. The van der Waals surface area contributed by atoms with E-state index in [0.717, 1.165) is 30.3 Å². The van der Waals surface area contributed by atoms with E-state index >= 15 is 0 Å². The number of fused-ring (bicyclic) bond motifs is 1. The van der Waals surface area contributed by atoms with Gasteiger partial charge in [-0.1, -0.05) is 72.8 Å². The fourth-order valence-corrected chi connectivity index (χ4v) is 10.4. The van der Waals surface area contributed by atoms with Gasteiger partial charge >= 0.3 is 0 Å². The van der Waals surface area contributed by atoms with E-state index in [1.807, 2.05) is 30.3 Å². The van der Waals surface area contributed by atoms with Crippen molar-refractivity contribution in [1.82, 2.24) is 0 Å². The minimum Gasteiger partial charge on any atom is -1.00 e. The van der Waals surface area contributed by atoms with Gasteiger partial charge in [0, 0.05) is 5.56 Å². The van der Waals surface area contributed by atoms with Crippen LogP contribution in [0.2, 0.25) is 0 Å². The minimum absolute atomic E-state index is 0. The molecule has 4 nitrogen and oxygen atoms in total. The van der Waals surface area contributed by atoms with Crippen molar-refractivity contribution in [3.05, 3.63) is 151 Å². The van der Waals surface area contributed by atoms with Gasteiger partial charge in [0.05, 0.1) is 12.8 Å². The summed E-state index contributed by atoms with van der Waals surface area (Å²) in [5.74, 6) is 2.07. The zero-order valence-electron chi connectivity index (χ0n) is 26.5. The number of ether oxygens (including phenoxy) is 3. The van der Waals surface area contributed by atoms with Crippen LogP contribution in [0.1, 0.15) is 41.6 Å². The highest BCUT2D eigenvalue weighted by atomic mass is 79.9. The second-order valence-electron chi connectivity index (χ2n) is 11.4. The van der Waals surface area contributed by atoms with Crippen molar-refractivity contribution in [2.24, 2.45) is 0 Å². The molecule has 0 saturated carbocycles. The summed E-state index contributed by atoms with van der Waals surface area (Å²) in [6, 6.07) is 46.5. The number of allylic oxidation sites excluding steroid dienone is 1. The highest BCUT2D eigenvalue weighted by Crippen LogP contribution is 2.56. The molecule has 5 aromatic rings. The third-order valence-corrected chi connectivity index (χ3v) is 12.9.